The summed E-state index contributed by atoms with van der Waals surface area (Å²) in [6.07, 6.45) is 2.36. The Balaban J connectivity index is 1.72. The zero-order valence-electron chi connectivity index (χ0n) is 18.9. The van der Waals surface area contributed by atoms with E-state index in [1.54, 1.807) is 11.9 Å². The van der Waals surface area contributed by atoms with Crippen molar-refractivity contribution in [1.29, 1.82) is 0 Å². The second-order valence-corrected chi connectivity index (χ2v) is 9.30. The van der Waals surface area contributed by atoms with Crippen LogP contribution in [-0.4, -0.2) is 60.4 Å². The van der Waals surface area contributed by atoms with Crippen LogP contribution < -0.4 is 0 Å². The maximum Gasteiger partial charge on any atom is 0.409 e. The Labute approximate surface area is 185 Å². The number of aryl methyl sites for hydroxylation is 2. The van der Waals surface area contributed by atoms with Gasteiger partial charge < -0.3 is 14.7 Å². The van der Waals surface area contributed by atoms with Gasteiger partial charge in [-0.25, -0.2) is 4.79 Å². The van der Waals surface area contributed by atoms with Crippen molar-refractivity contribution in [3.05, 3.63) is 70.8 Å². The lowest BCUT2D eigenvalue weighted by Crippen LogP contribution is -2.53. The Morgan fingerprint density at radius 3 is 2.10 bits per heavy atom. The van der Waals surface area contributed by atoms with Crippen LogP contribution in [0, 0.1) is 19.8 Å². The summed E-state index contributed by atoms with van der Waals surface area (Å²) in [5.74, 6) is 0.259. The first kappa shape index (κ1) is 21.8. The van der Waals surface area contributed by atoms with Crippen molar-refractivity contribution >= 4 is 6.09 Å². The van der Waals surface area contributed by atoms with E-state index in [1.165, 1.54) is 22.3 Å². The van der Waals surface area contributed by atoms with Crippen molar-refractivity contribution in [2.75, 3.05) is 33.3 Å². The lowest BCUT2D eigenvalue weighted by molar-refractivity contribution is 0.0181. The third-order valence-electron chi connectivity index (χ3n) is 7.03. The van der Waals surface area contributed by atoms with Crippen LogP contribution in [0.5, 0.6) is 0 Å². The number of aliphatic hydroxyl groups excluding tert-OH is 1. The van der Waals surface area contributed by atoms with Gasteiger partial charge in [0.2, 0.25) is 0 Å². The van der Waals surface area contributed by atoms with E-state index in [-0.39, 0.29) is 30.3 Å². The first-order chi connectivity index (χ1) is 14.9. The minimum atomic E-state index is -0.304. The highest BCUT2D eigenvalue weighted by Gasteiger charge is 2.45. The van der Waals surface area contributed by atoms with E-state index >= 15 is 0 Å². The lowest BCUT2D eigenvalue weighted by Gasteiger charge is -2.51. The van der Waals surface area contributed by atoms with Crippen molar-refractivity contribution in [2.24, 2.45) is 5.92 Å². The molecule has 2 saturated heterocycles. The fourth-order valence-electron chi connectivity index (χ4n) is 5.16. The fourth-order valence-corrected chi connectivity index (χ4v) is 5.16. The van der Waals surface area contributed by atoms with Crippen LogP contribution in [0.25, 0.3) is 0 Å². The molecule has 0 bridgehead atoms. The van der Waals surface area contributed by atoms with Gasteiger partial charge in [-0.05, 0) is 56.7 Å². The van der Waals surface area contributed by atoms with Crippen molar-refractivity contribution < 1.29 is 14.6 Å². The highest BCUT2D eigenvalue weighted by Crippen LogP contribution is 2.45. The number of carbonyl (C=O) groups is 1. The largest absolute Gasteiger partial charge is 0.444 e. The van der Waals surface area contributed by atoms with Crippen LogP contribution in [0.15, 0.2) is 48.5 Å². The Bertz CT molecular complexity index is 848. The number of benzene rings is 2. The molecular weight excluding hydrogens is 388 g/mol. The Morgan fingerprint density at radius 1 is 1.03 bits per heavy atom. The molecule has 2 fully saturated rings. The van der Waals surface area contributed by atoms with Crippen LogP contribution in [0.1, 0.15) is 41.5 Å². The molecule has 0 saturated carbocycles. The zero-order chi connectivity index (χ0) is 22.0. The molecule has 2 aliphatic heterocycles. The standard InChI is InChI=1S/C26H34N2O3/c1-19-4-8-22(9-5-19)26(23-10-6-20(2)7-11-23)16-21(18-29)12-14-28(26)15-13-24-17-27(3)25(30)31-24/h4-11,21,24,29H,12-18H2,1-3H3. The van der Waals surface area contributed by atoms with E-state index < -0.39 is 0 Å². The first-order valence-electron chi connectivity index (χ1n) is 11.3. The molecule has 0 aromatic heterocycles. The normalized spacial score (nSPS) is 23.7. The Kier molecular flexibility index (Phi) is 6.35. The summed E-state index contributed by atoms with van der Waals surface area (Å²) < 4.78 is 5.54. The lowest BCUT2D eigenvalue weighted by atomic mass is 9.71. The molecule has 2 aromatic carbocycles. The van der Waals surface area contributed by atoms with Gasteiger partial charge in [-0.1, -0.05) is 59.7 Å². The van der Waals surface area contributed by atoms with Gasteiger partial charge in [-0.2, -0.15) is 0 Å². The summed E-state index contributed by atoms with van der Waals surface area (Å²) in [5.41, 5.74) is 4.71. The molecule has 2 atom stereocenters. The molecule has 5 nitrogen and oxygen atoms in total. The van der Waals surface area contributed by atoms with Gasteiger partial charge in [-0.15, -0.1) is 0 Å². The molecule has 2 aromatic rings. The summed E-state index contributed by atoms with van der Waals surface area (Å²) in [4.78, 5) is 16.0. The number of nitrogens with zero attached hydrogens (tertiary/aromatic N) is 2. The second-order valence-electron chi connectivity index (χ2n) is 9.30. The van der Waals surface area contributed by atoms with Crippen LogP contribution in [0.3, 0.4) is 0 Å². The van der Waals surface area contributed by atoms with E-state index in [4.69, 9.17) is 4.74 Å². The number of amides is 1. The number of ether oxygens (including phenoxy) is 1. The molecule has 5 heteroatoms. The monoisotopic (exact) mass is 422 g/mol. The average Bonchev–Trinajstić information content (AvgIpc) is 3.10. The summed E-state index contributed by atoms with van der Waals surface area (Å²) in [5, 5.41) is 10.1. The highest BCUT2D eigenvalue weighted by molar-refractivity contribution is 5.69. The zero-order valence-corrected chi connectivity index (χ0v) is 18.9. The molecule has 0 aliphatic carbocycles. The van der Waals surface area contributed by atoms with Gasteiger partial charge in [0.05, 0.1) is 12.1 Å². The molecule has 0 radical (unpaired) electrons. The third-order valence-corrected chi connectivity index (χ3v) is 7.03. The van der Waals surface area contributed by atoms with Crippen molar-refractivity contribution in [1.82, 2.24) is 9.80 Å². The smallest absolute Gasteiger partial charge is 0.409 e. The molecule has 2 unspecified atom stereocenters. The highest BCUT2D eigenvalue weighted by atomic mass is 16.6. The van der Waals surface area contributed by atoms with Crippen LogP contribution in [0.2, 0.25) is 0 Å². The van der Waals surface area contributed by atoms with Crippen molar-refractivity contribution in [3.63, 3.8) is 0 Å². The second kappa shape index (κ2) is 9.01. The number of piperidine rings is 1. The van der Waals surface area contributed by atoms with Gasteiger partial charge in [-0.3, -0.25) is 4.90 Å². The Morgan fingerprint density at radius 2 is 1.61 bits per heavy atom. The summed E-state index contributed by atoms with van der Waals surface area (Å²) in [6.45, 7) is 6.83. The first-order valence-corrected chi connectivity index (χ1v) is 11.3. The predicted molar refractivity (Wildman–Crippen MR) is 122 cm³/mol. The number of rotatable bonds is 6. The number of hydrogen-bond acceptors (Lipinski definition) is 4. The molecule has 2 aliphatic rings. The maximum atomic E-state index is 11.8. The third kappa shape index (κ3) is 4.35. The van der Waals surface area contributed by atoms with E-state index in [1.807, 2.05) is 0 Å². The minimum absolute atomic E-state index is 0.0678. The fraction of sp³-hybridized carbons (Fsp3) is 0.500. The van der Waals surface area contributed by atoms with Crippen LogP contribution in [-0.2, 0) is 10.3 Å². The topological polar surface area (TPSA) is 53.0 Å². The number of carbonyl (C=O) groups excluding carboxylic acids is 1. The minimum Gasteiger partial charge on any atom is -0.444 e. The Hall–Kier alpha value is -2.37. The SMILES string of the molecule is Cc1ccc(C2(c3ccc(C)cc3)CC(CO)CCN2CCC2CN(C)C(=O)O2)cc1. The molecule has 2 heterocycles. The summed E-state index contributed by atoms with van der Waals surface area (Å²) >= 11 is 0. The van der Waals surface area contributed by atoms with Gasteiger partial charge in [0.25, 0.3) is 0 Å². The van der Waals surface area contributed by atoms with Crippen molar-refractivity contribution in [2.45, 2.75) is 44.8 Å². The van der Waals surface area contributed by atoms with E-state index in [2.05, 4.69) is 67.3 Å². The average molecular weight is 423 g/mol. The summed E-state index contributed by atoms with van der Waals surface area (Å²) in [6, 6.07) is 17.7. The van der Waals surface area contributed by atoms with E-state index in [0.717, 1.165) is 32.4 Å². The molecular formula is C26H34N2O3. The van der Waals surface area contributed by atoms with E-state index in [0.29, 0.717) is 6.54 Å². The van der Waals surface area contributed by atoms with Crippen molar-refractivity contribution in [3.8, 4) is 0 Å². The van der Waals surface area contributed by atoms with Crippen LogP contribution in [0.4, 0.5) is 4.79 Å². The van der Waals surface area contributed by atoms with Gasteiger partial charge in [0.1, 0.15) is 6.10 Å². The molecule has 166 valence electrons. The number of hydrogen-bond donors (Lipinski definition) is 1. The predicted octanol–water partition coefficient (Wildman–Crippen LogP) is 4.09. The van der Waals surface area contributed by atoms with Crippen LogP contribution >= 0.6 is 0 Å². The molecule has 4 rings (SSSR count). The van der Waals surface area contributed by atoms with Gasteiger partial charge in [0, 0.05) is 20.2 Å². The number of likely N-dealkylation sites (N-methyl/N-ethyl adjacent to an activating group) is 1. The number of likely N-dealkylation sites (tertiary alicyclic amines) is 1. The number of aliphatic hydroxyl groups is 1. The molecule has 0 spiro atoms. The number of cyclic esters (lactones) is 1. The molecule has 1 N–H and O–H groups in total. The van der Waals surface area contributed by atoms with E-state index in [9.17, 15) is 9.90 Å². The van der Waals surface area contributed by atoms with Gasteiger partial charge in [0.15, 0.2) is 0 Å². The molecule has 1 amide bonds. The quantitative estimate of drug-likeness (QED) is 0.762. The summed E-state index contributed by atoms with van der Waals surface area (Å²) in [7, 11) is 1.79. The maximum absolute atomic E-state index is 11.8. The molecule has 31 heavy (non-hydrogen) atoms. The van der Waals surface area contributed by atoms with Gasteiger partial charge >= 0.3 is 6.09 Å².